The summed E-state index contributed by atoms with van der Waals surface area (Å²) in [6, 6.07) is 8.33. The minimum absolute atomic E-state index is 0.821. The summed E-state index contributed by atoms with van der Waals surface area (Å²) >= 11 is 3.32. The van der Waals surface area contributed by atoms with Crippen LogP contribution in [0.3, 0.4) is 0 Å². The van der Waals surface area contributed by atoms with Gasteiger partial charge in [-0.25, -0.2) is 9.97 Å². The van der Waals surface area contributed by atoms with Crippen molar-refractivity contribution in [2.45, 2.75) is 13.3 Å². The Bertz CT molecular complexity index is 482. The summed E-state index contributed by atoms with van der Waals surface area (Å²) in [6.07, 6.45) is 4.37. The number of hydrogen-bond acceptors (Lipinski definition) is 3. The van der Waals surface area contributed by atoms with Crippen molar-refractivity contribution in [3.05, 3.63) is 52.5 Å². The van der Waals surface area contributed by atoms with E-state index < -0.39 is 0 Å². The van der Waals surface area contributed by atoms with Crippen molar-refractivity contribution in [1.82, 2.24) is 9.97 Å². The highest BCUT2D eigenvalue weighted by atomic mass is 79.9. The average molecular weight is 292 g/mol. The Kier molecular flexibility index (Phi) is 4.09. The lowest BCUT2D eigenvalue weighted by Crippen LogP contribution is -2.07. The van der Waals surface area contributed by atoms with E-state index in [9.17, 15) is 0 Å². The minimum atomic E-state index is 0.821. The molecule has 88 valence electrons. The number of aromatic nitrogens is 2. The number of nitrogens with one attached hydrogen (secondary N) is 1. The first-order valence-electron chi connectivity index (χ1n) is 5.51. The molecule has 0 fully saturated rings. The largest absolute Gasteiger partial charge is 0.385 e. The predicted molar refractivity (Wildman–Crippen MR) is 73.1 cm³/mol. The fourth-order valence-corrected chi connectivity index (χ4v) is 1.75. The third-order valence-electron chi connectivity index (χ3n) is 2.37. The highest BCUT2D eigenvalue weighted by molar-refractivity contribution is 9.10. The highest BCUT2D eigenvalue weighted by Crippen LogP contribution is 2.09. The summed E-state index contributed by atoms with van der Waals surface area (Å²) in [4.78, 5) is 8.46. The average Bonchev–Trinajstić information content (AvgIpc) is 2.32. The van der Waals surface area contributed by atoms with Crippen LogP contribution in [0.4, 0.5) is 5.69 Å². The van der Waals surface area contributed by atoms with Gasteiger partial charge in [0.15, 0.2) is 0 Å². The number of rotatable bonds is 4. The molecule has 4 heteroatoms. The van der Waals surface area contributed by atoms with Crippen LogP contribution in [0.5, 0.6) is 0 Å². The molecule has 1 heterocycles. The molecule has 1 N–H and O–H groups in total. The smallest absolute Gasteiger partial charge is 0.130 e. The number of nitrogens with zero attached hydrogens (tertiary/aromatic N) is 2. The predicted octanol–water partition coefficient (Wildman–Crippen LogP) is 3.20. The normalized spacial score (nSPS) is 10.2. The molecule has 17 heavy (non-hydrogen) atoms. The first kappa shape index (κ1) is 12.0. The molecule has 0 unspecified atom stereocenters. The van der Waals surface area contributed by atoms with Crippen LogP contribution < -0.4 is 5.32 Å². The van der Waals surface area contributed by atoms with Crippen LogP contribution in [-0.2, 0) is 6.42 Å². The molecule has 0 amide bonds. The summed E-state index contributed by atoms with van der Waals surface area (Å²) in [5, 5.41) is 3.36. The number of hydrogen-bond donors (Lipinski definition) is 1. The standard InChI is InChI=1S/C13H14BrN3/c1-10-3-2-4-12(7-10)15-6-5-13-16-8-11(14)9-17-13/h2-4,7-9,15H,5-6H2,1H3. The van der Waals surface area contributed by atoms with Gasteiger partial charge in [-0.2, -0.15) is 0 Å². The van der Waals surface area contributed by atoms with Crippen molar-refractivity contribution in [1.29, 1.82) is 0 Å². The summed E-state index contributed by atoms with van der Waals surface area (Å²) in [5.74, 6) is 0.855. The zero-order valence-corrected chi connectivity index (χ0v) is 11.2. The topological polar surface area (TPSA) is 37.8 Å². The van der Waals surface area contributed by atoms with E-state index in [1.54, 1.807) is 12.4 Å². The molecule has 0 saturated carbocycles. The van der Waals surface area contributed by atoms with Gasteiger partial charge < -0.3 is 5.32 Å². The van der Waals surface area contributed by atoms with Gasteiger partial charge in [-0.15, -0.1) is 0 Å². The van der Waals surface area contributed by atoms with Crippen LogP contribution >= 0.6 is 15.9 Å². The van der Waals surface area contributed by atoms with Crippen LogP contribution in [0.2, 0.25) is 0 Å². The van der Waals surface area contributed by atoms with Crippen LogP contribution in [-0.4, -0.2) is 16.5 Å². The van der Waals surface area contributed by atoms with Gasteiger partial charge in [0, 0.05) is 31.0 Å². The lowest BCUT2D eigenvalue weighted by molar-refractivity contribution is 0.890. The van der Waals surface area contributed by atoms with Gasteiger partial charge in [0.2, 0.25) is 0 Å². The first-order valence-corrected chi connectivity index (χ1v) is 6.30. The molecule has 0 radical (unpaired) electrons. The van der Waals surface area contributed by atoms with Crippen molar-refractivity contribution in [3.63, 3.8) is 0 Å². The van der Waals surface area contributed by atoms with Gasteiger partial charge >= 0.3 is 0 Å². The zero-order chi connectivity index (χ0) is 12.1. The van der Waals surface area contributed by atoms with Crippen molar-refractivity contribution in [2.75, 3.05) is 11.9 Å². The van der Waals surface area contributed by atoms with Crippen molar-refractivity contribution in [2.24, 2.45) is 0 Å². The summed E-state index contributed by atoms with van der Waals surface area (Å²) in [5.41, 5.74) is 2.40. The molecule has 0 aliphatic heterocycles. The van der Waals surface area contributed by atoms with Crippen LogP contribution in [0, 0.1) is 6.92 Å². The second-order valence-electron chi connectivity index (χ2n) is 3.86. The Balaban J connectivity index is 1.85. The third-order valence-corrected chi connectivity index (χ3v) is 2.78. The fraction of sp³-hybridized carbons (Fsp3) is 0.231. The third kappa shape index (κ3) is 3.82. The van der Waals surface area contributed by atoms with Crippen LogP contribution in [0.25, 0.3) is 0 Å². The lowest BCUT2D eigenvalue weighted by atomic mass is 10.2. The Morgan fingerprint density at radius 2 is 2.00 bits per heavy atom. The highest BCUT2D eigenvalue weighted by Gasteiger charge is 1.97. The molecule has 1 aromatic carbocycles. The molecule has 0 saturated heterocycles. The van der Waals surface area contributed by atoms with Crippen molar-refractivity contribution in [3.8, 4) is 0 Å². The maximum Gasteiger partial charge on any atom is 0.130 e. The maximum absolute atomic E-state index is 4.23. The van der Waals surface area contributed by atoms with Gasteiger partial charge in [0.25, 0.3) is 0 Å². The van der Waals surface area contributed by atoms with Gasteiger partial charge in [-0.1, -0.05) is 12.1 Å². The van der Waals surface area contributed by atoms with E-state index in [-0.39, 0.29) is 0 Å². The van der Waals surface area contributed by atoms with Crippen LogP contribution in [0.1, 0.15) is 11.4 Å². The Morgan fingerprint density at radius 1 is 1.24 bits per heavy atom. The minimum Gasteiger partial charge on any atom is -0.385 e. The first-order chi connectivity index (χ1) is 8.24. The van der Waals surface area contributed by atoms with Gasteiger partial charge in [-0.3, -0.25) is 0 Å². The number of aryl methyl sites for hydroxylation is 1. The maximum atomic E-state index is 4.23. The summed E-state index contributed by atoms with van der Waals surface area (Å²) in [7, 11) is 0. The molecule has 1 aromatic heterocycles. The Morgan fingerprint density at radius 3 is 2.71 bits per heavy atom. The molecule has 0 bridgehead atoms. The molecule has 3 nitrogen and oxygen atoms in total. The molecular formula is C13H14BrN3. The summed E-state index contributed by atoms with van der Waals surface area (Å²) < 4.78 is 0.910. The van der Waals surface area contributed by atoms with E-state index in [4.69, 9.17) is 0 Å². The van der Waals surface area contributed by atoms with Gasteiger partial charge in [-0.05, 0) is 40.5 Å². The Hall–Kier alpha value is -1.42. The van der Waals surface area contributed by atoms with Crippen molar-refractivity contribution < 1.29 is 0 Å². The fourth-order valence-electron chi connectivity index (χ4n) is 1.54. The molecule has 2 aromatic rings. The van der Waals surface area contributed by atoms with E-state index in [0.29, 0.717) is 0 Å². The molecular weight excluding hydrogens is 278 g/mol. The van der Waals surface area contributed by atoms with Gasteiger partial charge in [0.05, 0.1) is 4.47 Å². The number of benzene rings is 1. The van der Waals surface area contributed by atoms with E-state index in [0.717, 1.165) is 29.0 Å². The second-order valence-corrected chi connectivity index (χ2v) is 4.78. The molecule has 0 atom stereocenters. The quantitative estimate of drug-likeness (QED) is 0.940. The van der Waals surface area contributed by atoms with E-state index in [1.165, 1.54) is 5.56 Å². The zero-order valence-electron chi connectivity index (χ0n) is 9.65. The summed E-state index contributed by atoms with van der Waals surface area (Å²) in [6.45, 7) is 2.92. The number of anilines is 1. The van der Waals surface area contributed by atoms with Crippen LogP contribution in [0.15, 0.2) is 41.1 Å². The second kappa shape index (κ2) is 5.77. The molecule has 2 rings (SSSR count). The molecule has 0 aliphatic rings. The molecule has 0 aliphatic carbocycles. The Labute approximate surface area is 109 Å². The number of halogens is 1. The van der Waals surface area contributed by atoms with E-state index >= 15 is 0 Å². The monoisotopic (exact) mass is 291 g/mol. The van der Waals surface area contributed by atoms with Gasteiger partial charge in [0.1, 0.15) is 5.82 Å². The SMILES string of the molecule is Cc1cccc(NCCc2ncc(Br)cn2)c1. The van der Waals surface area contributed by atoms with E-state index in [1.807, 2.05) is 6.07 Å². The lowest BCUT2D eigenvalue weighted by Gasteiger charge is -2.06. The molecule has 0 spiro atoms. The van der Waals surface area contributed by atoms with E-state index in [2.05, 4.69) is 56.3 Å². The van der Waals surface area contributed by atoms with Crippen molar-refractivity contribution >= 4 is 21.6 Å².